The fourth-order valence-corrected chi connectivity index (χ4v) is 2.32. The van der Waals surface area contributed by atoms with Crippen molar-refractivity contribution in [1.29, 1.82) is 0 Å². The van der Waals surface area contributed by atoms with Gasteiger partial charge in [-0.1, -0.05) is 0 Å². The topological polar surface area (TPSA) is 169 Å². The Bertz CT molecular complexity index is 469. The van der Waals surface area contributed by atoms with Crippen LogP contribution in [0.5, 0.6) is 0 Å². The van der Waals surface area contributed by atoms with Crippen molar-refractivity contribution in [2.24, 2.45) is 0 Å². The van der Waals surface area contributed by atoms with Crippen molar-refractivity contribution in [2.75, 3.05) is 13.2 Å². The molecule has 0 aromatic rings. The quantitative estimate of drug-likeness (QED) is 0.274. The first kappa shape index (κ1) is 16.1. The van der Waals surface area contributed by atoms with Gasteiger partial charge in [-0.15, -0.1) is 0 Å². The van der Waals surface area contributed by atoms with Gasteiger partial charge in [0.2, 0.25) is 5.72 Å². The predicted molar refractivity (Wildman–Crippen MR) is 64.3 cm³/mol. The van der Waals surface area contributed by atoms with E-state index >= 15 is 0 Å². The van der Waals surface area contributed by atoms with Crippen molar-refractivity contribution in [3.63, 3.8) is 0 Å². The third kappa shape index (κ3) is 2.20. The van der Waals surface area contributed by atoms with Gasteiger partial charge in [-0.05, 0) is 6.92 Å². The monoisotopic (exact) mass is 306 g/mol. The van der Waals surface area contributed by atoms with E-state index < -0.39 is 47.7 Å². The summed E-state index contributed by atoms with van der Waals surface area (Å²) in [4.78, 5) is 24.1. The van der Waals surface area contributed by atoms with E-state index in [-0.39, 0.29) is 13.0 Å². The van der Waals surface area contributed by atoms with Gasteiger partial charge in [0, 0.05) is 6.42 Å². The molecule has 2 bridgehead atoms. The molecule has 3 aliphatic heterocycles. The lowest BCUT2D eigenvalue weighted by atomic mass is 9.85. The third-order valence-electron chi connectivity index (χ3n) is 3.78. The maximum absolute atomic E-state index is 12.2. The summed E-state index contributed by atoms with van der Waals surface area (Å²) in [6, 6.07) is 0. The van der Waals surface area contributed by atoms with Crippen molar-refractivity contribution in [1.82, 2.24) is 10.6 Å². The summed E-state index contributed by atoms with van der Waals surface area (Å²) in [5.41, 5.74) is -7.08. The standard InChI is InChI=1S/C11H18N2O8/c1-9(19,4-14)6(16)11-8(18)12-10(20,7(17)13-11)5(15)2-3-21-11/h5-6,14-16,19-20H,2-4H2,1H3,(H,12,18)(H,13,17)/t5?,6-,9-,10+,11-/m0/s1. The molecular formula is C11H18N2O8. The molecule has 120 valence electrons. The van der Waals surface area contributed by atoms with Gasteiger partial charge in [0.15, 0.2) is 0 Å². The van der Waals surface area contributed by atoms with E-state index in [9.17, 15) is 30.0 Å². The van der Waals surface area contributed by atoms with Crippen LogP contribution in [0.4, 0.5) is 0 Å². The Morgan fingerprint density at radius 3 is 2.62 bits per heavy atom. The summed E-state index contributed by atoms with van der Waals surface area (Å²) in [5, 5.41) is 52.8. The second-order valence-electron chi connectivity index (χ2n) is 5.48. The molecule has 1 unspecified atom stereocenters. The second-order valence-corrected chi connectivity index (χ2v) is 5.48. The zero-order chi connectivity index (χ0) is 16.1. The highest BCUT2D eigenvalue weighted by Crippen LogP contribution is 2.31. The molecule has 0 aromatic heterocycles. The van der Waals surface area contributed by atoms with Gasteiger partial charge < -0.3 is 40.9 Å². The molecule has 7 N–H and O–H groups in total. The molecule has 0 aromatic carbocycles. The molecule has 2 amide bonds. The molecule has 0 aliphatic carbocycles. The van der Waals surface area contributed by atoms with Gasteiger partial charge in [-0.3, -0.25) is 9.59 Å². The van der Waals surface area contributed by atoms with Gasteiger partial charge in [0.25, 0.3) is 17.5 Å². The van der Waals surface area contributed by atoms with E-state index in [0.717, 1.165) is 6.92 Å². The highest BCUT2D eigenvalue weighted by Gasteiger charge is 2.64. The van der Waals surface area contributed by atoms with Crippen molar-refractivity contribution in [2.45, 2.75) is 42.6 Å². The lowest BCUT2D eigenvalue weighted by Gasteiger charge is -2.50. The van der Waals surface area contributed by atoms with Crippen LogP contribution in [0.1, 0.15) is 13.3 Å². The normalized spacial score (nSPS) is 40.6. The number of aliphatic hydroxyl groups excluding tert-OH is 3. The summed E-state index contributed by atoms with van der Waals surface area (Å²) >= 11 is 0. The summed E-state index contributed by atoms with van der Waals surface area (Å²) in [5.74, 6) is -2.34. The van der Waals surface area contributed by atoms with Crippen LogP contribution in [-0.2, 0) is 14.3 Å². The van der Waals surface area contributed by atoms with E-state index in [4.69, 9.17) is 9.84 Å². The van der Waals surface area contributed by atoms with Crippen molar-refractivity contribution in [3.05, 3.63) is 0 Å². The van der Waals surface area contributed by atoms with Gasteiger partial charge >= 0.3 is 0 Å². The Hall–Kier alpha value is -1.30. The highest BCUT2D eigenvalue weighted by atomic mass is 16.5. The van der Waals surface area contributed by atoms with Crippen molar-refractivity contribution >= 4 is 11.8 Å². The van der Waals surface area contributed by atoms with Gasteiger partial charge in [-0.2, -0.15) is 0 Å². The van der Waals surface area contributed by atoms with Crippen LogP contribution in [0.15, 0.2) is 0 Å². The Labute approximate surface area is 119 Å². The summed E-state index contributed by atoms with van der Waals surface area (Å²) < 4.78 is 5.17. The molecular weight excluding hydrogens is 288 g/mol. The molecule has 3 aliphatic rings. The molecule has 3 rings (SSSR count). The Morgan fingerprint density at radius 2 is 2.05 bits per heavy atom. The molecule has 3 saturated heterocycles. The van der Waals surface area contributed by atoms with E-state index in [2.05, 4.69) is 0 Å². The molecule has 10 nitrogen and oxygen atoms in total. The summed E-state index contributed by atoms with van der Waals surface area (Å²) in [6.07, 6.45) is -3.81. The minimum atomic E-state index is -2.55. The third-order valence-corrected chi connectivity index (χ3v) is 3.78. The number of ether oxygens (including phenoxy) is 1. The smallest absolute Gasteiger partial charge is 0.279 e. The molecule has 0 radical (unpaired) electrons. The maximum Gasteiger partial charge on any atom is 0.279 e. The van der Waals surface area contributed by atoms with Crippen LogP contribution in [0.3, 0.4) is 0 Å². The molecule has 5 atom stereocenters. The van der Waals surface area contributed by atoms with E-state index in [0.29, 0.717) is 0 Å². The van der Waals surface area contributed by atoms with Gasteiger partial charge in [-0.25, -0.2) is 0 Å². The average Bonchev–Trinajstić information content (AvgIpc) is 2.42. The lowest BCUT2D eigenvalue weighted by Crippen LogP contribution is -2.84. The molecule has 0 spiro atoms. The predicted octanol–water partition coefficient (Wildman–Crippen LogP) is -4.50. The fourth-order valence-electron chi connectivity index (χ4n) is 2.32. The van der Waals surface area contributed by atoms with Crippen LogP contribution in [0.25, 0.3) is 0 Å². The van der Waals surface area contributed by atoms with Crippen LogP contribution < -0.4 is 10.6 Å². The number of amides is 2. The number of carbonyl (C=O) groups excluding carboxylic acids is 2. The zero-order valence-corrected chi connectivity index (χ0v) is 11.2. The van der Waals surface area contributed by atoms with Crippen LogP contribution in [-0.4, -0.2) is 79.8 Å². The first-order valence-electron chi connectivity index (χ1n) is 6.31. The maximum atomic E-state index is 12.2. The largest absolute Gasteiger partial charge is 0.393 e. The zero-order valence-electron chi connectivity index (χ0n) is 11.2. The molecule has 0 saturated carbocycles. The lowest BCUT2D eigenvalue weighted by molar-refractivity contribution is -0.245. The first-order valence-corrected chi connectivity index (χ1v) is 6.31. The molecule has 3 heterocycles. The number of hydrogen-bond donors (Lipinski definition) is 7. The van der Waals surface area contributed by atoms with Crippen molar-refractivity contribution in [3.8, 4) is 0 Å². The Balaban J connectivity index is 2.45. The summed E-state index contributed by atoms with van der Waals surface area (Å²) in [7, 11) is 0. The van der Waals surface area contributed by atoms with E-state index in [1.165, 1.54) is 0 Å². The van der Waals surface area contributed by atoms with Crippen LogP contribution >= 0.6 is 0 Å². The minimum absolute atomic E-state index is 0.195. The number of hydrogen-bond acceptors (Lipinski definition) is 8. The SMILES string of the molecule is C[C@](O)(CO)[C@H](O)[C@@]12NC(=O)[C@@](O)(NC1=O)C(O)CCO2. The van der Waals surface area contributed by atoms with Gasteiger partial charge in [0.1, 0.15) is 17.8 Å². The Morgan fingerprint density at radius 1 is 1.43 bits per heavy atom. The number of aliphatic hydroxyl groups is 5. The number of piperazine rings is 1. The fraction of sp³-hybridized carbons (Fsp3) is 0.818. The number of rotatable bonds is 3. The van der Waals surface area contributed by atoms with E-state index in [1.54, 1.807) is 0 Å². The average molecular weight is 306 g/mol. The number of carbonyl (C=O) groups is 2. The van der Waals surface area contributed by atoms with Crippen LogP contribution in [0.2, 0.25) is 0 Å². The van der Waals surface area contributed by atoms with Crippen molar-refractivity contribution < 1.29 is 39.9 Å². The first-order chi connectivity index (χ1) is 9.60. The summed E-state index contributed by atoms with van der Waals surface area (Å²) in [6.45, 7) is -0.144. The van der Waals surface area contributed by atoms with Gasteiger partial charge in [0.05, 0.1) is 13.2 Å². The minimum Gasteiger partial charge on any atom is -0.393 e. The Kier molecular flexibility index (Phi) is 3.72. The number of fused-ring (bicyclic) bond motifs is 5. The highest BCUT2D eigenvalue weighted by molar-refractivity contribution is 6.01. The van der Waals surface area contributed by atoms with Crippen LogP contribution in [0, 0.1) is 0 Å². The molecule has 21 heavy (non-hydrogen) atoms. The number of nitrogens with one attached hydrogen (secondary N) is 2. The molecule has 10 heteroatoms. The van der Waals surface area contributed by atoms with E-state index in [1.807, 2.05) is 10.6 Å². The molecule has 3 fully saturated rings. The second kappa shape index (κ2) is 4.87.